The van der Waals surface area contributed by atoms with Gasteiger partial charge in [0.25, 0.3) is 17.6 Å². The number of piperidine rings is 2. The van der Waals surface area contributed by atoms with Crippen LogP contribution in [0.3, 0.4) is 0 Å². The maximum atomic E-state index is 13.2. The van der Waals surface area contributed by atoms with E-state index in [0.29, 0.717) is 13.1 Å². The molecule has 4 fully saturated rings. The lowest BCUT2D eigenvalue weighted by atomic mass is 9.89. The molecular weight excluding hydrogens is 356 g/mol. The number of amides is 2. The zero-order chi connectivity index (χ0) is 19.5. The number of nitrogens with zero attached hydrogens (tertiary/aromatic N) is 6. The highest BCUT2D eigenvalue weighted by Gasteiger charge is 2.44. The molecule has 2 aromatic rings. The first-order valence-electron chi connectivity index (χ1n) is 9.91. The molecule has 0 N–H and O–H groups in total. The number of carbonyl (C=O) groups is 2. The van der Waals surface area contributed by atoms with Crippen molar-refractivity contribution in [1.29, 1.82) is 0 Å². The highest BCUT2D eigenvalue weighted by Crippen LogP contribution is 2.47. The fraction of sp³-hybridized carbons (Fsp3) is 0.550. The van der Waals surface area contributed by atoms with Crippen molar-refractivity contribution in [2.45, 2.75) is 50.1 Å². The second-order valence-electron chi connectivity index (χ2n) is 8.54. The number of benzene rings is 1. The van der Waals surface area contributed by atoms with Gasteiger partial charge < -0.3 is 9.80 Å². The van der Waals surface area contributed by atoms with Crippen LogP contribution in [0, 0.1) is 0 Å². The predicted molar refractivity (Wildman–Crippen MR) is 101 cm³/mol. The van der Waals surface area contributed by atoms with Gasteiger partial charge in [0.05, 0.1) is 7.05 Å². The molecule has 146 valence electrons. The lowest BCUT2D eigenvalue weighted by Crippen LogP contribution is -2.65. The first-order valence-corrected chi connectivity index (χ1v) is 9.91. The van der Waals surface area contributed by atoms with Crippen LogP contribution < -0.4 is 0 Å². The molecule has 3 saturated heterocycles. The smallest absolute Gasteiger partial charge is 0.295 e. The van der Waals surface area contributed by atoms with Crippen LogP contribution in [-0.4, -0.2) is 67.0 Å². The van der Waals surface area contributed by atoms with E-state index in [2.05, 4.69) is 34.5 Å². The van der Waals surface area contributed by atoms with Crippen LogP contribution in [0.5, 0.6) is 0 Å². The monoisotopic (exact) mass is 380 g/mol. The summed E-state index contributed by atoms with van der Waals surface area (Å²) in [5.41, 5.74) is 2.25. The molecule has 1 saturated carbocycles. The van der Waals surface area contributed by atoms with E-state index in [1.165, 1.54) is 23.2 Å². The van der Waals surface area contributed by atoms with Gasteiger partial charge in [-0.25, -0.2) is 0 Å². The molecule has 2 amide bonds. The van der Waals surface area contributed by atoms with Gasteiger partial charge >= 0.3 is 0 Å². The van der Waals surface area contributed by atoms with E-state index in [4.69, 9.17) is 0 Å². The van der Waals surface area contributed by atoms with E-state index < -0.39 is 0 Å². The minimum absolute atomic E-state index is 0.00869. The number of hydrogen-bond acceptors (Lipinski definition) is 5. The molecule has 28 heavy (non-hydrogen) atoms. The van der Waals surface area contributed by atoms with Gasteiger partial charge in [-0.1, -0.05) is 19.1 Å². The van der Waals surface area contributed by atoms with Crippen LogP contribution in [0.25, 0.3) is 0 Å². The number of piperazine rings is 1. The first-order chi connectivity index (χ1) is 13.4. The maximum Gasteiger partial charge on any atom is 0.295 e. The Hall–Kier alpha value is -2.77. The van der Waals surface area contributed by atoms with Gasteiger partial charge in [-0.2, -0.15) is 4.80 Å². The normalized spacial score (nSPS) is 25.1. The molecule has 2 bridgehead atoms. The third-order valence-corrected chi connectivity index (χ3v) is 6.56. The summed E-state index contributed by atoms with van der Waals surface area (Å²) in [5.74, 6) is 0.00221. The molecule has 1 aromatic carbocycles. The quantitative estimate of drug-likeness (QED) is 0.803. The molecule has 1 aliphatic carbocycles. The summed E-state index contributed by atoms with van der Waals surface area (Å²) < 4.78 is 0. The van der Waals surface area contributed by atoms with Crippen LogP contribution in [0.15, 0.2) is 24.3 Å². The molecule has 0 spiro atoms. The van der Waals surface area contributed by atoms with Crippen molar-refractivity contribution in [1.82, 2.24) is 30.0 Å². The van der Waals surface area contributed by atoms with Gasteiger partial charge in [0, 0.05) is 30.7 Å². The fourth-order valence-electron chi connectivity index (χ4n) is 4.49. The number of hydrogen-bond donors (Lipinski definition) is 0. The van der Waals surface area contributed by atoms with Gasteiger partial charge in [0.2, 0.25) is 0 Å². The summed E-state index contributed by atoms with van der Waals surface area (Å²) in [6.45, 7) is 3.35. The molecule has 0 radical (unpaired) electrons. The third-order valence-electron chi connectivity index (χ3n) is 6.56. The second kappa shape index (κ2) is 6.12. The summed E-state index contributed by atoms with van der Waals surface area (Å²) in [7, 11) is 1.64. The number of fused-ring (bicyclic) bond motifs is 3. The van der Waals surface area contributed by atoms with Gasteiger partial charge in [-0.15, -0.1) is 10.2 Å². The van der Waals surface area contributed by atoms with Crippen LogP contribution in [0.4, 0.5) is 0 Å². The molecule has 8 nitrogen and oxygen atoms in total. The highest BCUT2D eigenvalue weighted by molar-refractivity contribution is 5.95. The lowest BCUT2D eigenvalue weighted by molar-refractivity contribution is -0.00665. The van der Waals surface area contributed by atoms with Crippen molar-refractivity contribution in [2.75, 3.05) is 13.1 Å². The minimum atomic E-state index is -0.196. The summed E-state index contributed by atoms with van der Waals surface area (Å²) in [6.07, 6.45) is 4.20. The molecule has 4 aliphatic rings. The van der Waals surface area contributed by atoms with Crippen molar-refractivity contribution in [3.05, 3.63) is 41.2 Å². The summed E-state index contributed by atoms with van der Waals surface area (Å²) in [6, 6.07) is 8.13. The first kappa shape index (κ1) is 17.3. The zero-order valence-corrected chi connectivity index (χ0v) is 16.2. The van der Waals surface area contributed by atoms with Gasteiger partial charge in [0.1, 0.15) is 0 Å². The lowest BCUT2D eigenvalue weighted by Gasteiger charge is -2.51. The molecule has 2 atom stereocenters. The van der Waals surface area contributed by atoms with E-state index in [9.17, 15) is 9.59 Å². The van der Waals surface area contributed by atoms with Gasteiger partial charge in [-0.05, 0) is 54.0 Å². The Kier molecular flexibility index (Phi) is 3.79. The van der Waals surface area contributed by atoms with E-state index in [0.717, 1.165) is 18.4 Å². The Morgan fingerprint density at radius 2 is 1.75 bits per heavy atom. The predicted octanol–water partition coefficient (Wildman–Crippen LogP) is 1.39. The van der Waals surface area contributed by atoms with Crippen molar-refractivity contribution < 1.29 is 9.59 Å². The summed E-state index contributed by atoms with van der Waals surface area (Å²) in [5, 5.41) is 11.6. The SMILES string of the molecule is Cn1nnc(C(=O)N2CC3CCC2CN3C(=O)c2cccc(C3(C)CC3)c2)n1. The number of carbonyl (C=O) groups excluding carboxylic acids is 2. The molecule has 2 unspecified atom stereocenters. The Balaban J connectivity index is 1.34. The number of tetrazole rings is 1. The zero-order valence-electron chi connectivity index (χ0n) is 16.2. The number of aryl methyl sites for hydroxylation is 1. The second-order valence-corrected chi connectivity index (χ2v) is 8.54. The molecule has 8 heteroatoms. The van der Waals surface area contributed by atoms with Crippen molar-refractivity contribution in [3.63, 3.8) is 0 Å². The van der Waals surface area contributed by atoms with Gasteiger partial charge in [0.15, 0.2) is 0 Å². The topological polar surface area (TPSA) is 84.2 Å². The number of aromatic nitrogens is 4. The van der Waals surface area contributed by atoms with Crippen molar-refractivity contribution in [2.24, 2.45) is 7.05 Å². The highest BCUT2D eigenvalue weighted by atomic mass is 16.2. The van der Waals surface area contributed by atoms with Crippen LogP contribution in [0.1, 0.15) is 59.1 Å². The van der Waals surface area contributed by atoms with Crippen LogP contribution in [-0.2, 0) is 12.5 Å². The molecule has 1 aromatic heterocycles. The fourth-order valence-corrected chi connectivity index (χ4v) is 4.49. The standard InChI is InChI=1S/C20H24N6O2/c1-20(8-9-20)14-5-3-4-13(10-14)18(27)25-11-16-7-6-15(25)12-26(16)19(28)17-21-23-24(2)22-17/h3-5,10,15-16H,6-9,11-12H2,1-2H3. The largest absolute Gasteiger partial charge is 0.332 e. The molecule has 4 heterocycles. The third kappa shape index (κ3) is 2.78. The maximum absolute atomic E-state index is 13.2. The van der Waals surface area contributed by atoms with E-state index in [1.807, 2.05) is 21.9 Å². The van der Waals surface area contributed by atoms with E-state index in [1.54, 1.807) is 7.05 Å². The summed E-state index contributed by atoms with van der Waals surface area (Å²) in [4.78, 5) is 31.0. The Bertz CT molecular complexity index is 950. The van der Waals surface area contributed by atoms with E-state index in [-0.39, 0.29) is 35.1 Å². The summed E-state index contributed by atoms with van der Waals surface area (Å²) >= 11 is 0. The number of rotatable bonds is 3. The Labute approximate surface area is 163 Å². The Morgan fingerprint density at radius 3 is 2.32 bits per heavy atom. The van der Waals surface area contributed by atoms with Crippen molar-refractivity contribution in [3.8, 4) is 0 Å². The minimum Gasteiger partial charge on any atom is -0.332 e. The molecular formula is C20H24N6O2. The van der Waals surface area contributed by atoms with E-state index >= 15 is 0 Å². The average molecular weight is 380 g/mol. The molecule has 6 rings (SSSR count). The average Bonchev–Trinajstić information content (AvgIpc) is 3.34. The molecule has 3 aliphatic heterocycles. The van der Waals surface area contributed by atoms with Crippen LogP contribution >= 0.6 is 0 Å². The van der Waals surface area contributed by atoms with Crippen molar-refractivity contribution >= 4 is 11.8 Å². The Morgan fingerprint density at radius 1 is 1.07 bits per heavy atom. The van der Waals surface area contributed by atoms with Gasteiger partial charge in [-0.3, -0.25) is 9.59 Å². The van der Waals surface area contributed by atoms with Crippen LogP contribution in [0.2, 0.25) is 0 Å².